The normalized spacial score (nSPS) is 13.5. The molecule has 0 radical (unpaired) electrons. The van der Waals surface area contributed by atoms with E-state index in [9.17, 15) is 14.4 Å². The summed E-state index contributed by atoms with van der Waals surface area (Å²) in [5, 5.41) is 0. The molecule has 28 heavy (non-hydrogen) atoms. The standard InChI is InChI=1S/C20H36INO6/c1-18(2,3)26-15(23)14(12-10-11-13-21)22(16(24)27-19(4,5)6)17(25)28-20(7,8)9/h14H,10-13H2,1-9H3. The van der Waals surface area contributed by atoms with Crippen molar-refractivity contribution in [1.82, 2.24) is 4.90 Å². The minimum Gasteiger partial charge on any atom is -0.458 e. The summed E-state index contributed by atoms with van der Waals surface area (Å²) in [7, 11) is 0. The number of rotatable bonds is 6. The Morgan fingerprint density at radius 2 is 1.14 bits per heavy atom. The number of carbonyl (C=O) groups is 3. The maximum atomic E-state index is 12.9. The van der Waals surface area contributed by atoms with Gasteiger partial charge < -0.3 is 14.2 Å². The van der Waals surface area contributed by atoms with Crippen molar-refractivity contribution < 1.29 is 28.6 Å². The highest BCUT2D eigenvalue weighted by molar-refractivity contribution is 14.1. The number of unbranched alkanes of at least 4 members (excludes halogenated alkanes) is 1. The monoisotopic (exact) mass is 513 g/mol. The molecule has 0 saturated carbocycles. The Kier molecular flexibility index (Phi) is 10.2. The van der Waals surface area contributed by atoms with Crippen molar-refractivity contribution in [3.63, 3.8) is 0 Å². The van der Waals surface area contributed by atoms with E-state index in [0.29, 0.717) is 6.42 Å². The van der Waals surface area contributed by atoms with Gasteiger partial charge in [-0.25, -0.2) is 14.4 Å². The molecule has 2 amide bonds. The minimum atomic E-state index is -1.12. The van der Waals surface area contributed by atoms with Crippen LogP contribution in [0, 0.1) is 0 Å². The van der Waals surface area contributed by atoms with Crippen LogP contribution in [0.2, 0.25) is 0 Å². The van der Waals surface area contributed by atoms with Gasteiger partial charge in [0.05, 0.1) is 0 Å². The first-order valence-corrected chi connectivity index (χ1v) is 11.0. The summed E-state index contributed by atoms with van der Waals surface area (Å²) in [4.78, 5) is 39.3. The van der Waals surface area contributed by atoms with Crippen LogP contribution in [0.3, 0.4) is 0 Å². The second-order valence-electron chi connectivity index (χ2n) is 9.56. The zero-order chi connectivity index (χ0) is 22.3. The number of carbonyl (C=O) groups excluding carboxylic acids is 3. The van der Waals surface area contributed by atoms with Gasteiger partial charge in [-0.05, 0) is 79.6 Å². The molecule has 1 unspecified atom stereocenters. The number of imide groups is 1. The van der Waals surface area contributed by atoms with E-state index in [2.05, 4.69) is 22.6 Å². The Labute approximate surface area is 183 Å². The summed E-state index contributed by atoms with van der Waals surface area (Å²) >= 11 is 2.24. The van der Waals surface area contributed by atoms with Crippen molar-refractivity contribution in [3.05, 3.63) is 0 Å². The molecule has 0 aromatic carbocycles. The minimum absolute atomic E-state index is 0.274. The van der Waals surface area contributed by atoms with Crippen LogP contribution < -0.4 is 0 Å². The lowest BCUT2D eigenvalue weighted by Gasteiger charge is -2.33. The SMILES string of the molecule is CC(C)(C)OC(=O)C(CCCCI)N(C(=O)OC(C)(C)C)C(=O)OC(C)(C)C. The van der Waals surface area contributed by atoms with Crippen molar-refractivity contribution in [2.24, 2.45) is 0 Å². The summed E-state index contributed by atoms with van der Waals surface area (Å²) in [5.74, 6) is -0.655. The lowest BCUT2D eigenvalue weighted by molar-refractivity contribution is -0.161. The number of hydrogen-bond donors (Lipinski definition) is 0. The number of halogens is 1. The molecule has 0 bridgehead atoms. The smallest absolute Gasteiger partial charge is 0.420 e. The first-order chi connectivity index (χ1) is 12.5. The third-order valence-electron chi connectivity index (χ3n) is 3.03. The van der Waals surface area contributed by atoms with Crippen molar-refractivity contribution in [3.8, 4) is 0 Å². The van der Waals surface area contributed by atoms with E-state index in [4.69, 9.17) is 14.2 Å². The van der Waals surface area contributed by atoms with E-state index >= 15 is 0 Å². The van der Waals surface area contributed by atoms with Crippen LogP contribution in [0.4, 0.5) is 9.59 Å². The molecule has 0 fully saturated rings. The van der Waals surface area contributed by atoms with E-state index in [-0.39, 0.29) is 6.42 Å². The first-order valence-electron chi connectivity index (χ1n) is 9.51. The van der Waals surface area contributed by atoms with Crippen molar-refractivity contribution in [2.75, 3.05) is 4.43 Å². The van der Waals surface area contributed by atoms with Crippen molar-refractivity contribution in [2.45, 2.75) is 104 Å². The predicted molar refractivity (Wildman–Crippen MR) is 117 cm³/mol. The third kappa shape index (κ3) is 11.7. The average molecular weight is 513 g/mol. The largest absolute Gasteiger partial charge is 0.458 e. The molecule has 164 valence electrons. The second-order valence-corrected chi connectivity index (χ2v) is 10.6. The summed E-state index contributed by atoms with van der Waals surface area (Å²) in [6.45, 7) is 15.3. The lowest BCUT2D eigenvalue weighted by atomic mass is 10.1. The Morgan fingerprint density at radius 3 is 1.46 bits per heavy atom. The average Bonchev–Trinajstić information content (AvgIpc) is 2.40. The van der Waals surface area contributed by atoms with Gasteiger partial charge in [0.2, 0.25) is 0 Å². The Hall–Kier alpha value is -1.06. The van der Waals surface area contributed by atoms with Crippen LogP contribution in [0.1, 0.15) is 81.6 Å². The van der Waals surface area contributed by atoms with E-state index in [1.807, 2.05) is 0 Å². The molecule has 0 aliphatic carbocycles. The predicted octanol–water partition coefficient (Wildman–Crippen LogP) is 5.47. The highest BCUT2D eigenvalue weighted by atomic mass is 127. The summed E-state index contributed by atoms with van der Waals surface area (Å²) in [6.07, 6.45) is -0.0824. The van der Waals surface area contributed by atoms with Crippen molar-refractivity contribution >= 4 is 40.7 Å². The number of alkyl halides is 1. The lowest BCUT2D eigenvalue weighted by Crippen LogP contribution is -2.53. The zero-order valence-electron chi connectivity index (χ0n) is 18.7. The maximum absolute atomic E-state index is 12.9. The van der Waals surface area contributed by atoms with Crippen LogP contribution >= 0.6 is 22.6 Å². The number of amides is 2. The van der Waals surface area contributed by atoms with Gasteiger partial charge in [0.25, 0.3) is 0 Å². The molecule has 0 saturated heterocycles. The number of nitrogens with zero attached hydrogens (tertiary/aromatic N) is 1. The maximum Gasteiger partial charge on any atom is 0.420 e. The zero-order valence-corrected chi connectivity index (χ0v) is 20.8. The molecule has 8 heteroatoms. The highest BCUT2D eigenvalue weighted by Crippen LogP contribution is 2.22. The van der Waals surface area contributed by atoms with E-state index in [1.165, 1.54) is 0 Å². The Balaban J connectivity index is 5.92. The molecule has 0 N–H and O–H groups in total. The van der Waals surface area contributed by atoms with Crippen molar-refractivity contribution in [1.29, 1.82) is 0 Å². The fourth-order valence-corrected chi connectivity index (χ4v) is 2.64. The quantitative estimate of drug-likeness (QED) is 0.154. The van der Waals surface area contributed by atoms with Crippen LogP contribution in [0.5, 0.6) is 0 Å². The molecule has 0 spiro atoms. The molecular formula is C20H36INO6. The highest BCUT2D eigenvalue weighted by Gasteiger charge is 2.41. The van der Waals surface area contributed by atoms with Crippen LogP contribution in [-0.4, -0.2) is 50.3 Å². The molecular weight excluding hydrogens is 477 g/mol. The van der Waals surface area contributed by atoms with Gasteiger partial charge in [-0.2, -0.15) is 4.90 Å². The molecule has 0 aromatic rings. The molecule has 0 rings (SSSR count). The number of hydrogen-bond acceptors (Lipinski definition) is 6. The van der Waals surface area contributed by atoms with E-state index < -0.39 is 41.0 Å². The van der Waals surface area contributed by atoms with Gasteiger partial charge in [0.15, 0.2) is 0 Å². The van der Waals surface area contributed by atoms with Gasteiger partial charge in [-0.1, -0.05) is 29.0 Å². The van der Waals surface area contributed by atoms with Crippen LogP contribution in [-0.2, 0) is 19.0 Å². The Bertz CT molecular complexity index is 514. The third-order valence-corrected chi connectivity index (χ3v) is 3.79. The fourth-order valence-electron chi connectivity index (χ4n) is 2.11. The molecule has 0 aliphatic rings. The molecule has 0 aliphatic heterocycles. The fraction of sp³-hybridized carbons (Fsp3) is 0.850. The van der Waals surface area contributed by atoms with Gasteiger partial charge in [0, 0.05) is 0 Å². The summed E-state index contributed by atoms with van der Waals surface area (Å²) in [5.41, 5.74) is -2.43. The molecule has 7 nitrogen and oxygen atoms in total. The first kappa shape index (κ1) is 26.9. The van der Waals surface area contributed by atoms with E-state index in [1.54, 1.807) is 62.3 Å². The molecule has 0 aromatic heterocycles. The van der Waals surface area contributed by atoms with Crippen LogP contribution in [0.25, 0.3) is 0 Å². The van der Waals surface area contributed by atoms with Gasteiger partial charge >= 0.3 is 18.2 Å². The van der Waals surface area contributed by atoms with Gasteiger partial charge in [-0.3, -0.25) is 0 Å². The molecule has 1 atom stereocenters. The summed E-state index contributed by atoms with van der Waals surface area (Å²) in [6, 6.07) is -1.12. The van der Waals surface area contributed by atoms with Crippen LogP contribution in [0.15, 0.2) is 0 Å². The molecule has 0 heterocycles. The van der Waals surface area contributed by atoms with Gasteiger partial charge in [0.1, 0.15) is 22.8 Å². The second kappa shape index (κ2) is 10.6. The number of ether oxygens (including phenoxy) is 3. The number of esters is 1. The summed E-state index contributed by atoms with van der Waals surface area (Å²) < 4.78 is 17.1. The van der Waals surface area contributed by atoms with Gasteiger partial charge in [-0.15, -0.1) is 0 Å². The van der Waals surface area contributed by atoms with E-state index in [0.717, 1.165) is 15.7 Å². The Morgan fingerprint density at radius 1 is 0.750 bits per heavy atom. The topological polar surface area (TPSA) is 82.1 Å².